The largest absolute Gasteiger partial charge is 0.445 e. The van der Waals surface area contributed by atoms with Gasteiger partial charge in [-0.2, -0.15) is 0 Å². The Labute approximate surface area is 345 Å². The van der Waals surface area contributed by atoms with Gasteiger partial charge in [0.05, 0.1) is 6.61 Å². The number of nitrogens with one attached hydrogen (secondary N) is 2. The van der Waals surface area contributed by atoms with E-state index in [9.17, 15) is 29.7 Å². The predicted molar refractivity (Wildman–Crippen MR) is 227 cm³/mol. The highest BCUT2D eigenvalue weighted by Gasteiger charge is 2.48. The summed E-state index contributed by atoms with van der Waals surface area (Å²) in [4.78, 5) is 41.0. The number of unbranched alkanes of at least 4 members (excludes halogenated alkanes) is 23. The molecule has 328 valence electrons. The maximum atomic E-state index is 13.9. The minimum atomic E-state index is -1.52. The molecule has 0 aromatic heterocycles. The van der Waals surface area contributed by atoms with Crippen molar-refractivity contribution in [2.75, 3.05) is 19.7 Å². The second-order valence-corrected chi connectivity index (χ2v) is 16.2. The molecule has 0 radical (unpaired) electrons. The van der Waals surface area contributed by atoms with Crippen LogP contribution in [-0.2, 0) is 25.7 Å². The summed E-state index contributed by atoms with van der Waals surface area (Å²) in [6.45, 7) is 3.86. The van der Waals surface area contributed by atoms with Gasteiger partial charge >= 0.3 is 6.09 Å². The molecule has 0 unspecified atom stereocenters. The zero-order valence-electron chi connectivity index (χ0n) is 35.8. The Hall–Kier alpha value is -2.73. The molecular formula is C46H81N3O8. The number of alkyl carbamates (subject to hydrolysis) is 1. The topological polar surface area (TPSA) is 158 Å². The van der Waals surface area contributed by atoms with Gasteiger partial charge in [-0.3, -0.25) is 9.59 Å². The summed E-state index contributed by atoms with van der Waals surface area (Å²) in [5.74, 6) is -0.791. The van der Waals surface area contributed by atoms with E-state index < -0.39 is 55.7 Å². The molecule has 1 aliphatic rings. The van der Waals surface area contributed by atoms with Crippen molar-refractivity contribution in [3.63, 3.8) is 0 Å². The molecule has 1 saturated heterocycles. The SMILES string of the molecule is CCCCCCCCCCCCCCCCCC(=O)N(CCCCCCCCCCCC)[C@@H]1O[C@H](CO)[C@H](O)[C@H](O)[C@H]1NC(=O)CNC(=O)OCc1ccccc1. The Bertz CT molecular complexity index is 1160. The van der Waals surface area contributed by atoms with Crippen LogP contribution in [0.1, 0.15) is 186 Å². The number of carbonyl (C=O) groups is 3. The third-order valence-electron chi connectivity index (χ3n) is 11.2. The number of hydrogen-bond acceptors (Lipinski definition) is 8. The lowest BCUT2D eigenvalue weighted by atomic mass is 9.94. The summed E-state index contributed by atoms with van der Waals surface area (Å²) < 4.78 is 11.3. The second kappa shape index (κ2) is 33.1. The second-order valence-electron chi connectivity index (χ2n) is 16.2. The van der Waals surface area contributed by atoms with Crippen LogP contribution >= 0.6 is 0 Å². The van der Waals surface area contributed by atoms with Gasteiger partial charge in [0.25, 0.3) is 0 Å². The average Bonchev–Trinajstić information content (AvgIpc) is 3.22. The standard InChI is InChI=1S/C46H81N3O8/c1-3-5-7-9-11-13-15-16-17-18-19-20-22-24-29-33-41(52)49(34-30-25-23-21-14-12-10-8-6-4-2)45-42(44(54)43(53)39(36-50)57-45)48-40(51)35-47-46(55)56-37-38-31-27-26-28-32-38/h26-28,31-32,39,42-45,50,53-54H,3-25,29-30,33-37H2,1-2H3,(H,47,55)(H,48,51)/t39-,42-,43+,44-,45-/m1/s1. The molecule has 1 heterocycles. The molecule has 1 aromatic rings. The lowest BCUT2D eigenvalue weighted by molar-refractivity contribution is -0.231. The quantitative estimate of drug-likeness (QED) is 0.0433. The molecule has 3 amide bonds. The van der Waals surface area contributed by atoms with E-state index in [1.165, 1.54) is 109 Å². The van der Waals surface area contributed by atoms with Crippen LogP contribution in [0.25, 0.3) is 0 Å². The summed E-state index contributed by atoms with van der Waals surface area (Å²) in [5, 5.41) is 37.2. The first kappa shape index (κ1) is 50.4. The molecule has 0 spiro atoms. The van der Waals surface area contributed by atoms with E-state index in [0.29, 0.717) is 13.0 Å². The molecule has 0 saturated carbocycles. The van der Waals surface area contributed by atoms with Crippen LogP contribution in [0.4, 0.5) is 4.79 Å². The number of ether oxygens (including phenoxy) is 2. The van der Waals surface area contributed by atoms with E-state index in [0.717, 1.165) is 56.9 Å². The zero-order chi connectivity index (χ0) is 41.4. The third kappa shape index (κ3) is 22.9. The minimum absolute atomic E-state index is 0.0374. The van der Waals surface area contributed by atoms with E-state index in [1.54, 1.807) is 4.90 Å². The fourth-order valence-corrected chi connectivity index (χ4v) is 7.64. The fourth-order valence-electron chi connectivity index (χ4n) is 7.64. The fraction of sp³-hybridized carbons (Fsp3) is 0.804. The van der Waals surface area contributed by atoms with Crippen molar-refractivity contribution >= 4 is 17.9 Å². The number of aliphatic hydroxyl groups excluding tert-OH is 3. The third-order valence-corrected chi connectivity index (χ3v) is 11.2. The Balaban J connectivity index is 1.93. The van der Waals surface area contributed by atoms with E-state index in [2.05, 4.69) is 24.5 Å². The van der Waals surface area contributed by atoms with Gasteiger partial charge < -0.3 is 40.3 Å². The van der Waals surface area contributed by atoms with Crippen LogP contribution in [0.3, 0.4) is 0 Å². The van der Waals surface area contributed by atoms with E-state index in [-0.39, 0.29) is 12.5 Å². The monoisotopic (exact) mass is 804 g/mol. The van der Waals surface area contributed by atoms with Gasteiger partial charge in [0.2, 0.25) is 11.8 Å². The van der Waals surface area contributed by atoms with Crippen molar-refractivity contribution in [1.82, 2.24) is 15.5 Å². The Kier molecular flexibility index (Phi) is 29.3. The van der Waals surface area contributed by atoms with E-state index in [4.69, 9.17) is 9.47 Å². The molecule has 5 N–H and O–H groups in total. The van der Waals surface area contributed by atoms with Crippen molar-refractivity contribution in [1.29, 1.82) is 0 Å². The Morgan fingerprint density at radius 3 is 1.63 bits per heavy atom. The lowest BCUT2D eigenvalue weighted by Gasteiger charge is -2.47. The van der Waals surface area contributed by atoms with Crippen molar-refractivity contribution < 1.29 is 39.2 Å². The first-order valence-electron chi connectivity index (χ1n) is 23.0. The van der Waals surface area contributed by atoms with Gasteiger partial charge in [0.15, 0.2) is 6.23 Å². The van der Waals surface area contributed by atoms with Crippen LogP contribution in [0.5, 0.6) is 0 Å². The van der Waals surface area contributed by atoms with Crippen LogP contribution in [0.2, 0.25) is 0 Å². The van der Waals surface area contributed by atoms with Crippen molar-refractivity contribution in [3.05, 3.63) is 35.9 Å². The smallest absolute Gasteiger partial charge is 0.407 e. The molecule has 5 atom stereocenters. The van der Waals surface area contributed by atoms with Crippen molar-refractivity contribution in [2.45, 2.75) is 218 Å². The van der Waals surface area contributed by atoms with Crippen molar-refractivity contribution in [3.8, 4) is 0 Å². The molecule has 2 rings (SSSR count). The highest BCUT2D eigenvalue weighted by Crippen LogP contribution is 2.26. The summed E-state index contributed by atoms with van der Waals surface area (Å²) in [5.41, 5.74) is 0.798. The minimum Gasteiger partial charge on any atom is -0.445 e. The summed E-state index contributed by atoms with van der Waals surface area (Å²) in [6, 6.07) is 7.97. The molecule has 57 heavy (non-hydrogen) atoms. The molecule has 0 aliphatic carbocycles. The number of amides is 3. The highest BCUT2D eigenvalue weighted by atomic mass is 16.6. The molecule has 11 heteroatoms. The highest BCUT2D eigenvalue weighted by molar-refractivity contribution is 5.82. The first-order chi connectivity index (χ1) is 27.8. The average molecular weight is 804 g/mol. The van der Waals surface area contributed by atoms with Gasteiger partial charge in [-0.1, -0.05) is 192 Å². The molecule has 11 nitrogen and oxygen atoms in total. The number of hydrogen-bond donors (Lipinski definition) is 5. The number of aliphatic hydroxyl groups is 3. The molecule has 1 aromatic carbocycles. The van der Waals surface area contributed by atoms with Gasteiger partial charge in [-0.25, -0.2) is 4.79 Å². The maximum Gasteiger partial charge on any atom is 0.407 e. The van der Waals surface area contributed by atoms with Gasteiger partial charge in [0, 0.05) is 13.0 Å². The summed E-state index contributed by atoms with van der Waals surface area (Å²) in [6.07, 6.45) is 24.0. The Morgan fingerprint density at radius 2 is 1.14 bits per heavy atom. The van der Waals surface area contributed by atoms with Gasteiger partial charge in [-0.15, -0.1) is 0 Å². The van der Waals surface area contributed by atoms with Crippen LogP contribution in [0.15, 0.2) is 30.3 Å². The maximum absolute atomic E-state index is 13.9. The zero-order valence-corrected chi connectivity index (χ0v) is 35.8. The van der Waals surface area contributed by atoms with E-state index >= 15 is 0 Å². The lowest BCUT2D eigenvalue weighted by Crippen LogP contribution is -2.69. The molecule has 1 aliphatic heterocycles. The molecule has 0 bridgehead atoms. The number of benzene rings is 1. The van der Waals surface area contributed by atoms with Gasteiger partial charge in [-0.05, 0) is 18.4 Å². The number of rotatable bonds is 34. The number of carbonyl (C=O) groups excluding carboxylic acids is 3. The van der Waals surface area contributed by atoms with E-state index in [1.807, 2.05) is 30.3 Å². The normalized spacial score (nSPS) is 19.3. The van der Waals surface area contributed by atoms with Crippen LogP contribution < -0.4 is 10.6 Å². The van der Waals surface area contributed by atoms with Crippen LogP contribution in [-0.4, -0.2) is 88.4 Å². The summed E-state index contributed by atoms with van der Waals surface area (Å²) >= 11 is 0. The first-order valence-corrected chi connectivity index (χ1v) is 23.0. The van der Waals surface area contributed by atoms with Gasteiger partial charge in [0.1, 0.15) is 37.5 Å². The van der Waals surface area contributed by atoms with Crippen LogP contribution in [0, 0.1) is 0 Å². The summed E-state index contributed by atoms with van der Waals surface area (Å²) in [7, 11) is 0. The predicted octanol–water partition coefficient (Wildman–Crippen LogP) is 8.85. The molecule has 1 fully saturated rings. The Morgan fingerprint density at radius 1 is 0.667 bits per heavy atom. The molecular weight excluding hydrogens is 723 g/mol. The van der Waals surface area contributed by atoms with Crippen molar-refractivity contribution in [2.24, 2.45) is 0 Å². The number of nitrogens with zero attached hydrogens (tertiary/aromatic N) is 1.